The van der Waals surface area contributed by atoms with Gasteiger partial charge >= 0.3 is 0 Å². The second-order valence-electron chi connectivity index (χ2n) is 5.21. The van der Waals surface area contributed by atoms with Gasteiger partial charge in [-0.1, -0.05) is 27.2 Å². The van der Waals surface area contributed by atoms with Gasteiger partial charge in [-0.15, -0.1) is 0 Å². The van der Waals surface area contributed by atoms with Crippen molar-refractivity contribution in [1.29, 1.82) is 0 Å². The number of hydrogen-bond donors (Lipinski definition) is 1. The lowest BCUT2D eigenvalue weighted by molar-refractivity contribution is 0.217. The highest BCUT2D eigenvalue weighted by Crippen LogP contribution is 2.34. The third kappa shape index (κ3) is 4.42. The molecule has 0 amide bonds. The fraction of sp³-hybridized carbons (Fsp3) is 1.00. The summed E-state index contributed by atoms with van der Waals surface area (Å²) in [5.74, 6) is 0.990. The maximum absolute atomic E-state index is 3.79. The zero-order chi connectivity index (χ0) is 12.0. The quantitative estimate of drug-likeness (QED) is 0.650. The standard InChI is InChI=1S/C14H30N2/c1-5-8-14(13-9-10-13)15-11-12(4)16(6-2)7-3/h12-15H,5-11H2,1-4H3. The van der Waals surface area contributed by atoms with Gasteiger partial charge in [0.1, 0.15) is 0 Å². The average Bonchev–Trinajstić information content (AvgIpc) is 3.09. The number of likely N-dealkylation sites (N-methyl/N-ethyl adjacent to an activating group) is 1. The minimum absolute atomic E-state index is 0.674. The Kier molecular flexibility index (Phi) is 6.37. The normalized spacial score (nSPS) is 20.1. The first-order valence-electron chi connectivity index (χ1n) is 7.20. The number of rotatable bonds is 9. The van der Waals surface area contributed by atoms with Crippen LogP contribution < -0.4 is 5.32 Å². The first kappa shape index (κ1) is 14.0. The molecule has 0 spiro atoms. The van der Waals surface area contributed by atoms with Crippen LogP contribution in [0.1, 0.15) is 53.4 Å². The third-order valence-electron chi connectivity index (χ3n) is 3.90. The van der Waals surface area contributed by atoms with Gasteiger partial charge in [0.2, 0.25) is 0 Å². The Morgan fingerprint density at radius 3 is 2.25 bits per heavy atom. The summed E-state index contributed by atoms with van der Waals surface area (Å²) in [4.78, 5) is 2.53. The maximum atomic E-state index is 3.79. The van der Waals surface area contributed by atoms with Crippen LogP contribution in [0.2, 0.25) is 0 Å². The molecule has 1 aliphatic rings. The van der Waals surface area contributed by atoms with Gasteiger partial charge in [0.05, 0.1) is 0 Å². The Balaban J connectivity index is 2.24. The van der Waals surface area contributed by atoms with E-state index in [2.05, 4.69) is 37.9 Å². The van der Waals surface area contributed by atoms with E-state index < -0.39 is 0 Å². The van der Waals surface area contributed by atoms with Crippen molar-refractivity contribution >= 4 is 0 Å². The molecule has 0 bridgehead atoms. The van der Waals surface area contributed by atoms with Gasteiger partial charge in [0, 0.05) is 18.6 Å². The minimum Gasteiger partial charge on any atom is -0.312 e. The molecule has 0 heterocycles. The summed E-state index contributed by atoms with van der Waals surface area (Å²) in [5, 5.41) is 3.79. The smallest absolute Gasteiger partial charge is 0.0192 e. The molecule has 2 heteroatoms. The van der Waals surface area contributed by atoms with Gasteiger partial charge in [-0.05, 0) is 45.2 Å². The van der Waals surface area contributed by atoms with Crippen molar-refractivity contribution in [2.45, 2.75) is 65.5 Å². The van der Waals surface area contributed by atoms with Crippen LogP contribution in [0.5, 0.6) is 0 Å². The van der Waals surface area contributed by atoms with Gasteiger partial charge in [0.15, 0.2) is 0 Å². The molecule has 1 rings (SSSR count). The molecule has 1 N–H and O–H groups in total. The molecule has 96 valence electrons. The largest absolute Gasteiger partial charge is 0.312 e. The van der Waals surface area contributed by atoms with Crippen LogP contribution in [0, 0.1) is 5.92 Å². The molecule has 0 aromatic heterocycles. The lowest BCUT2D eigenvalue weighted by Gasteiger charge is -2.28. The van der Waals surface area contributed by atoms with Gasteiger partial charge in [-0.2, -0.15) is 0 Å². The second-order valence-corrected chi connectivity index (χ2v) is 5.21. The van der Waals surface area contributed by atoms with Crippen molar-refractivity contribution in [1.82, 2.24) is 10.2 Å². The van der Waals surface area contributed by atoms with Crippen LogP contribution in [-0.4, -0.2) is 36.6 Å². The predicted octanol–water partition coefficient (Wildman–Crippen LogP) is 2.89. The van der Waals surface area contributed by atoms with Crippen molar-refractivity contribution in [3.63, 3.8) is 0 Å². The third-order valence-corrected chi connectivity index (χ3v) is 3.90. The summed E-state index contributed by atoms with van der Waals surface area (Å²) in [6, 6.07) is 1.47. The molecule has 2 unspecified atom stereocenters. The van der Waals surface area contributed by atoms with E-state index in [0.717, 1.165) is 18.5 Å². The Morgan fingerprint density at radius 1 is 1.19 bits per heavy atom. The van der Waals surface area contributed by atoms with E-state index in [1.54, 1.807) is 0 Å². The predicted molar refractivity (Wildman–Crippen MR) is 71.8 cm³/mol. The van der Waals surface area contributed by atoms with Crippen molar-refractivity contribution < 1.29 is 0 Å². The molecule has 2 nitrogen and oxygen atoms in total. The van der Waals surface area contributed by atoms with E-state index in [0.29, 0.717) is 6.04 Å². The second kappa shape index (κ2) is 7.29. The molecule has 1 fully saturated rings. The molecular formula is C14H30N2. The Labute approximate surface area is 102 Å². The average molecular weight is 226 g/mol. The molecule has 1 saturated carbocycles. The van der Waals surface area contributed by atoms with Gasteiger partial charge < -0.3 is 5.32 Å². The number of hydrogen-bond acceptors (Lipinski definition) is 2. The molecule has 1 aliphatic carbocycles. The summed E-state index contributed by atoms with van der Waals surface area (Å²) in [5.41, 5.74) is 0. The summed E-state index contributed by atoms with van der Waals surface area (Å²) in [6.07, 6.45) is 5.58. The lowest BCUT2D eigenvalue weighted by Crippen LogP contribution is -2.44. The Morgan fingerprint density at radius 2 is 1.81 bits per heavy atom. The van der Waals surface area contributed by atoms with Crippen LogP contribution in [0.3, 0.4) is 0 Å². The summed E-state index contributed by atoms with van der Waals surface area (Å²) >= 11 is 0. The van der Waals surface area contributed by atoms with E-state index in [1.807, 2.05) is 0 Å². The molecule has 0 aromatic carbocycles. The molecule has 16 heavy (non-hydrogen) atoms. The minimum atomic E-state index is 0.674. The van der Waals surface area contributed by atoms with Crippen molar-refractivity contribution in [3.8, 4) is 0 Å². The van der Waals surface area contributed by atoms with Crippen molar-refractivity contribution in [3.05, 3.63) is 0 Å². The zero-order valence-electron chi connectivity index (χ0n) is 11.6. The van der Waals surface area contributed by atoms with Crippen LogP contribution in [0.25, 0.3) is 0 Å². The van der Waals surface area contributed by atoms with E-state index >= 15 is 0 Å². The van der Waals surface area contributed by atoms with Gasteiger partial charge in [0.25, 0.3) is 0 Å². The zero-order valence-corrected chi connectivity index (χ0v) is 11.6. The topological polar surface area (TPSA) is 15.3 Å². The SMILES string of the molecule is CCCC(NCC(C)N(CC)CC)C1CC1. The lowest BCUT2D eigenvalue weighted by atomic mass is 10.1. The van der Waals surface area contributed by atoms with Gasteiger partial charge in [-0.25, -0.2) is 0 Å². The highest BCUT2D eigenvalue weighted by atomic mass is 15.2. The molecular weight excluding hydrogens is 196 g/mol. The first-order chi connectivity index (χ1) is 7.72. The molecule has 0 aliphatic heterocycles. The summed E-state index contributed by atoms with van der Waals surface area (Å²) in [6.45, 7) is 12.6. The van der Waals surface area contributed by atoms with Gasteiger partial charge in [-0.3, -0.25) is 4.90 Å². The number of nitrogens with one attached hydrogen (secondary N) is 1. The summed E-state index contributed by atoms with van der Waals surface area (Å²) in [7, 11) is 0. The van der Waals surface area contributed by atoms with E-state index in [4.69, 9.17) is 0 Å². The first-order valence-corrected chi connectivity index (χ1v) is 7.20. The molecule has 0 aromatic rings. The van der Waals surface area contributed by atoms with Crippen molar-refractivity contribution in [2.75, 3.05) is 19.6 Å². The van der Waals surface area contributed by atoms with Crippen LogP contribution in [0.4, 0.5) is 0 Å². The van der Waals surface area contributed by atoms with Crippen LogP contribution in [0.15, 0.2) is 0 Å². The Bertz CT molecular complexity index is 174. The maximum Gasteiger partial charge on any atom is 0.0192 e. The Hall–Kier alpha value is -0.0800. The van der Waals surface area contributed by atoms with Crippen molar-refractivity contribution in [2.24, 2.45) is 5.92 Å². The highest BCUT2D eigenvalue weighted by Gasteiger charge is 2.30. The van der Waals surface area contributed by atoms with E-state index in [-0.39, 0.29) is 0 Å². The fourth-order valence-corrected chi connectivity index (χ4v) is 2.61. The van der Waals surface area contributed by atoms with Crippen LogP contribution in [-0.2, 0) is 0 Å². The van der Waals surface area contributed by atoms with E-state index in [1.165, 1.54) is 38.8 Å². The fourth-order valence-electron chi connectivity index (χ4n) is 2.61. The highest BCUT2D eigenvalue weighted by molar-refractivity contribution is 4.87. The molecule has 0 radical (unpaired) electrons. The molecule has 2 atom stereocenters. The van der Waals surface area contributed by atoms with Crippen LogP contribution >= 0.6 is 0 Å². The summed E-state index contributed by atoms with van der Waals surface area (Å²) < 4.78 is 0. The monoisotopic (exact) mass is 226 g/mol. The number of nitrogens with zero attached hydrogens (tertiary/aromatic N) is 1. The molecule has 0 saturated heterocycles. The van der Waals surface area contributed by atoms with E-state index in [9.17, 15) is 0 Å².